The average Bonchev–Trinajstić information content (AvgIpc) is 2.36. The Morgan fingerprint density at radius 3 is 2.68 bits per heavy atom. The molecule has 1 aromatic rings. The van der Waals surface area contributed by atoms with Crippen LogP contribution in [0.25, 0.3) is 0 Å². The summed E-state index contributed by atoms with van der Waals surface area (Å²) in [4.78, 5) is 25.2. The van der Waals surface area contributed by atoms with Crippen molar-refractivity contribution in [3.63, 3.8) is 0 Å². The maximum atomic E-state index is 11.9. The topological polar surface area (TPSA) is 75.4 Å². The Labute approximate surface area is 112 Å². The van der Waals surface area contributed by atoms with Crippen molar-refractivity contribution in [2.45, 2.75) is 32.5 Å². The number of piperazine rings is 1. The average molecular weight is 261 g/mol. The highest BCUT2D eigenvalue weighted by atomic mass is 16.2. The van der Waals surface area contributed by atoms with Crippen molar-refractivity contribution >= 4 is 11.8 Å². The molecule has 0 atom stereocenters. The summed E-state index contributed by atoms with van der Waals surface area (Å²) in [5, 5.41) is 2.37. The predicted molar refractivity (Wildman–Crippen MR) is 72.0 cm³/mol. The fourth-order valence-corrected chi connectivity index (χ4v) is 2.16. The fraction of sp³-hybridized carbons (Fsp3) is 0.429. The van der Waals surface area contributed by atoms with Crippen LogP contribution in [0.1, 0.15) is 25.0 Å². The van der Waals surface area contributed by atoms with Gasteiger partial charge in [0.15, 0.2) is 0 Å². The van der Waals surface area contributed by atoms with E-state index in [1.54, 1.807) is 0 Å². The molecule has 0 aliphatic carbocycles. The minimum Gasteiger partial charge on any atom is -0.326 e. The molecule has 2 rings (SSSR count). The Kier molecular flexibility index (Phi) is 3.68. The molecule has 1 aliphatic heterocycles. The number of hydrogen-bond acceptors (Lipinski definition) is 4. The van der Waals surface area contributed by atoms with Gasteiger partial charge in [-0.15, -0.1) is 0 Å². The molecule has 1 aliphatic rings. The Balaban J connectivity index is 2.20. The van der Waals surface area contributed by atoms with Crippen molar-refractivity contribution in [3.8, 4) is 0 Å². The molecule has 0 saturated carbocycles. The van der Waals surface area contributed by atoms with Crippen LogP contribution in [0.5, 0.6) is 0 Å². The second-order valence-corrected chi connectivity index (χ2v) is 5.32. The second-order valence-electron chi connectivity index (χ2n) is 5.32. The number of nitrogens with zero attached hydrogens (tertiary/aromatic N) is 1. The van der Waals surface area contributed by atoms with Crippen molar-refractivity contribution in [1.82, 2.24) is 10.2 Å². The molecule has 0 bridgehead atoms. The number of hydrogen-bond donors (Lipinski definition) is 2. The van der Waals surface area contributed by atoms with Gasteiger partial charge in [-0.1, -0.05) is 24.3 Å². The van der Waals surface area contributed by atoms with Gasteiger partial charge in [0.25, 0.3) is 0 Å². The number of amides is 2. The lowest BCUT2D eigenvalue weighted by Crippen LogP contribution is -2.63. The molecule has 5 nitrogen and oxygen atoms in total. The molecule has 5 heteroatoms. The third kappa shape index (κ3) is 2.83. The Morgan fingerprint density at radius 2 is 2.00 bits per heavy atom. The number of carbonyl (C=O) groups is 2. The third-order valence-corrected chi connectivity index (χ3v) is 3.53. The summed E-state index contributed by atoms with van der Waals surface area (Å²) in [6, 6.07) is 7.89. The molecule has 1 heterocycles. The summed E-state index contributed by atoms with van der Waals surface area (Å²) in [6.45, 7) is 4.91. The second kappa shape index (κ2) is 5.11. The predicted octanol–water partition coefficient (Wildman–Crippen LogP) is 0.382. The van der Waals surface area contributed by atoms with Crippen LogP contribution >= 0.6 is 0 Å². The first-order valence-corrected chi connectivity index (χ1v) is 6.30. The van der Waals surface area contributed by atoms with E-state index in [0.29, 0.717) is 13.1 Å². The number of nitrogens with one attached hydrogen (secondary N) is 1. The molecule has 19 heavy (non-hydrogen) atoms. The van der Waals surface area contributed by atoms with E-state index >= 15 is 0 Å². The van der Waals surface area contributed by atoms with Gasteiger partial charge in [-0.2, -0.15) is 0 Å². The Bertz CT molecular complexity index is 511. The molecular weight excluding hydrogens is 242 g/mol. The lowest BCUT2D eigenvalue weighted by Gasteiger charge is -2.40. The maximum Gasteiger partial charge on any atom is 0.246 e. The monoisotopic (exact) mass is 261 g/mol. The highest BCUT2D eigenvalue weighted by Crippen LogP contribution is 2.21. The summed E-state index contributed by atoms with van der Waals surface area (Å²) < 4.78 is 0. The smallest absolute Gasteiger partial charge is 0.246 e. The number of rotatable bonds is 3. The quantitative estimate of drug-likeness (QED) is 0.771. The molecule has 1 fully saturated rings. The molecule has 1 aromatic carbocycles. The molecule has 0 radical (unpaired) electrons. The van der Waals surface area contributed by atoms with Crippen LogP contribution in [0, 0.1) is 0 Å². The van der Waals surface area contributed by atoms with E-state index in [1.165, 1.54) is 0 Å². The SMILES string of the molecule is CC1(C)C(=O)NC(=O)CN1Cc1cccc(CN)c1. The molecule has 1 saturated heterocycles. The summed E-state index contributed by atoms with van der Waals surface area (Å²) >= 11 is 0. The molecule has 0 unspecified atom stereocenters. The summed E-state index contributed by atoms with van der Waals surface area (Å²) in [6.07, 6.45) is 0. The van der Waals surface area contributed by atoms with Crippen LogP contribution in [0.2, 0.25) is 0 Å². The van der Waals surface area contributed by atoms with E-state index < -0.39 is 5.54 Å². The van der Waals surface area contributed by atoms with Crippen molar-refractivity contribution in [2.24, 2.45) is 5.73 Å². The van der Waals surface area contributed by atoms with E-state index in [2.05, 4.69) is 5.32 Å². The van der Waals surface area contributed by atoms with Crippen LogP contribution < -0.4 is 11.1 Å². The Hall–Kier alpha value is -1.72. The number of benzene rings is 1. The minimum atomic E-state index is -0.688. The number of carbonyl (C=O) groups excluding carboxylic acids is 2. The van der Waals surface area contributed by atoms with Crippen LogP contribution in [-0.2, 0) is 22.7 Å². The van der Waals surface area contributed by atoms with E-state index in [-0.39, 0.29) is 18.4 Å². The number of imide groups is 1. The standard InChI is InChI=1S/C14H19N3O2/c1-14(2)13(19)16-12(18)9-17(14)8-11-5-3-4-10(6-11)7-15/h3-6H,7-9,15H2,1-2H3,(H,16,18,19). The largest absolute Gasteiger partial charge is 0.326 e. The summed E-state index contributed by atoms with van der Waals surface area (Å²) in [5.74, 6) is -0.502. The summed E-state index contributed by atoms with van der Waals surface area (Å²) in [5.41, 5.74) is 7.03. The van der Waals surface area contributed by atoms with Crippen molar-refractivity contribution < 1.29 is 9.59 Å². The van der Waals surface area contributed by atoms with E-state index in [4.69, 9.17) is 5.73 Å². The number of nitrogens with two attached hydrogens (primary N) is 1. The lowest BCUT2D eigenvalue weighted by atomic mass is 9.97. The van der Waals surface area contributed by atoms with Gasteiger partial charge in [0.2, 0.25) is 11.8 Å². The van der Waals surface area contributed by atoms with Crippen LogP contribution in [0.15, 0.2) is 24.3 Å². The zero-order valence-electron chi connectivity index (χ0n) is 11.3. The fourth-order valence-electron chi connectivity index (χ4n) is 2.16. The van der Waals surface area contributed by atoms with Crippen LogP contribution in [0.3, 0.4) is 0 Å². The van der Waals surface area contributed by atoms with E-state index in [0.717, 1.165) is 11.1 Å². The van der Waals surface area contributed by atoms with Gasteiger partial charge in [-0.05, 0) is 25.0 Å². The van der Waals surface area contributed by atoms with Crippen LogP contribution in [-0.4, -0.2) is 28.8 Å². The normalized spacial score (nSPS) is 19.3. The molecule has 2 amide bonds. The molecule has 0 aromatic heterocycles. The van der Waals surface area contributed by atoms with E-state index in [9.17, 15) is 9.59 Å². The van der Waals surface area contributed by atoms with Crippen LogP contribution in [0.4, 0.5) is 0 Å². The van der Waals surface area contributed by atoms with Gasteiger partial charge in [-0.25, -0.2) is 0 Å². The summed E-state index contributed by atoms with van der Waals surface area (Å²) in [7, 11) is 0. The first-order chi connectivity index (χ1) is 8.93. The zero-order valence-corrected chi connectivity index (χ0v) is 11.3. The minimum absolute atomic E-state index is 0.228. The highest BCUT2D eigenvalue weighted by Gasteiger charge is 2.40. The van der Waals surface area contributed by atoms with Crippen molar-refractivity contribution in [2.75, 3.05) is 6.54 Å². The van der Waals surface area contributed by atoms with Crippen molar-refractivity contribution in [1.29, 1.82) is 0 Å². The van der Waals surface area contributed by atoms with E-state index in [1.807, 2.05) is 43.0 Å². The van der Waals surface area contributed by atoms with Gasteiger partial charge < -0.3 is 5.73 Å². The van der Waals surface area contributed by atoms with Gasteiger partial charge in [0.05, 0.1) is 12.1 Å². The van der Waals surface area contributed by atoms with Crippen molar-refractivity contribution in [3.05, 3.63) is 35.4 Å². The molecule has 102 valence electrons. The highest BCUT2D eigenvalue weighted by molar-refractivity contribution is 6.02. The van der Waals surface area contributed by atoms with Gasteiger partial charge in [-0.3, -0.25) is 19.8 Å². The lowest BCUT2D eigenvalue weighted by molar-refractivity contribution is -0.145. The molecule has 3 N–H and O–H groups in total. The maximum absolute atomic E-state index is 11.9. The first kappa shape index (κ1) is 13.7. The molecule has 0 spiro atoms. The van der Waals surface area contributed by atoms with Gasteiger partial charge in [0, 0.05) is 13.1 Å². The zero-order chi connectivity index (χ0) is 14.0. The third-order valence-electron chi connectivity index (χ3n) is 3.53. The van der Waals surface area contributed by atoms with Gasteiger partial charge in [0.1, 0.15) is 0 Å². The first-order valence-electron chi connectivity index (χ1n) is 6.30. The van der Waals surface area contributed by atoms with Gasteiger partial charge >= 0.3 is 0 Å². The Morgan fingerprint density at radius 1 is 1.32 bits per heavy atom. The molecular formula is C14H19N3O2.